The highest BCUT2D eigenvalue weighted by atomic mass is 32.1. The minimum absolute atomic E-state index is 0.226. The molecule has 0 radical (unpaired) electrons. The topological polar surface area (TPSA) is 69.0 Å². The Morgan fingerprint density at radius 2 is 1.88 bits per heavy atom. The van der Waals surface area contributed by atoms with Crippen molar-refractivity contribution in [1.29, 1.82) is 0 Å². The standard InChI is InChI=1S/C25H26N6OS/c1-16(2)31-24(27-15-28-31)25-29-23-19-13-17(5-7-20(19)32-12-9-21(23)33-25)18-6-8-22(26-14-18)30-10-3-4-11-30/h5-8,13-16H,3-4,9-12H2,1-2H3. The molecule has 7 nitrogen and oxygen atoms in total. The van der Waals surface area contributed by atoms with Crippen molar-refractivity contribution >= 4 is 17.2 Å². The van der Waals surface area contributed by atoms with Crippen molar-refractivity contribution in [1.82, 2.24) is 24.7 Å². The zero-order valence-corrected chi connectivity index (χ0v) is 19.7. The molecular weight excluding hydrogens is 432 g/mol. The molecule has 0 spiro atoms. The summed E-state index contributed by atoms with van der Waals surface area (Å²) in [6.07, 6.45) is 6.92. The molecule has 6 rings (SSSR count). The van der Waals surface area contributed by atoms with Gasteiger partial charge < -0.3 is 9.64 Å². The molecule has 168 valence electrons. The summed E-state index contributed by atoms with van der Waals surface area (Å²) >= 11 is 1.69. The molecule has 0 unspecified atom stereocenters. The van der Waals surface area contributed by atoms with Gasteiger partial charge in [-0.2, -0.15) is 5.10 Å². The van der Waals surface area contributed by atoms with E-state index in [1.807, 2.05) is 10.9 Å². The first-order chi connectivity index (χ1) is 16.2. The molecule has 1 saturated heterocycles. The molecule has 0 atom stereocenters. The summed E-state index contributed by atoms with van der Waals surface area (Å²) in [6, 6.07) is 10.9. The average molecular weight is 459 g/mol. The fraction of sp³-hybridized carbons (Fsp3) is 0.360. The highest BCUT2D eigenvalue weighted by molar-refractivity contribution is 7.15. The van der Waals surface area contributed by atoms with Crippen LogP contribution >= 0.6 is 11.3 Å². The van der Waals surface area contributed by atoms with E-state index < -0.39 is 0 Å². The molecule has 1 fully saturated rings. The lowest BCUT2D eigenvalue weighted by atomic mass is 10.0. The van der Waals surface area contributed by atoms with Crippen LogP contribution in [0.3, 0.4) is 0 Å². The second kappa shape index (κ2) is 8.26. The van der Waals surface area contributed by atoms with Crippen molar-refractivity contribution < 1.29 is 4.74 Å². The second-order valence-electron chi connectivity index (χ2n) is 8.82. The Morgan fingerprint density at radius 1 is 1.03 bits per heavy atom. The molecule has 1 aromatic carbocycles. The number of hydrogen-bond acceptors (Lipinski definition) is 7. The second-order valence-corrected chi connectivity index (χ2v) is 9.91. The predicted molar refractivity (Wildman–Crippen MR) is 131 cm³/mol. The van der Waals surface area contributed by atoms with E-state index in [9.17, 15) is 0 Å². The maximum absolute atomic E-state index is 6.07. The fourth-order valence-corrected chi connectivity index (χ4v) is 5.62. The first-order valence-electron chi connectivity index (χ1n) is 11.6. The number of anilines is 1. The van der Waals surface area contributed by atoms with E-state index in [2.05, 4.69) is 59.2 Å². The van der Waals surface area contributed by atoms with Gasteiger partial charge in [0.25, 0.3) is 0 Å². The largest absolute Gasteiger partial charge is 0.493 e. The number of thiazole rings is 1. The number of pyridine rings is 1. The van der Waals surface area contributed by atoms with Crippen LogP contribution in [0.4, 0.5) is 5.82 Å². The van der Waals surface area contributed by atoms with Crippen LogP contribution in [-0.2, 0) is 6.42 Å². The molecule has 4 aromatic rings. The van der Waals surface area contributed by atoms with Crippen molar-refractivity contribution in [3.8, 4) is 39.0 Å². The van der Waals surface area contributed by atoms with Gasteiger partial charge in [0.1, 0.15) is 17.9 Å². The van der Waals surface area contributed by atoms with Crippen LogP contribution < -0.4 is 9.64 Å². The number of ether oxygens (including phenoxy) is 1. The van der Waals surface area contributed by atoms with Gasteiger partial charge >= 0.3 is 0 Å². The van der Waals surface area contributed by atoms with E-state index in [4.69, 9.17) is 14.7 Å². The smallest absolute Gasteiger partial charge is 0.187 e. The van der Waals surface area contributed by atoms with Crippen molar-refractivity contribution in [3.05, 3.63) is 47.7 Å². The van der Waals surface area contributed by atoms with E-state index >= 15 is 0 Å². The minimum atomic E-state index is 0.226. The summed E-state index contributed by atoms with van der Waals surface area (Å²) in [5.74, 6) is 2.76. The lowest BCUT2D eigenvalue weighted by Gasteiger charge is -2.16. The molecule has 8 heteroatoms. The first-order valence-corrected chi connectivity index (χ1v) is 12.4. The summed E-state index contributed by atoms with van der Waals surface area (Å²) in [6.45, 7) is 7.05. The van der Waals surface area contributed by atoms with E-state index in [-0.39, 0.29) is 6.04 Å². The summed E-state index contributed by atoms with van der Waals surface area (Å²) in [4.78, 5) is 17.8. The molecule has 5 heterocycles. The van der Waals surface area contributed by atoms with Crippen LogP contribution in [0.1, 0.15) is 37.6 Å². The highest BCUT2D eigenvalue weighted by Gasteiger charge is 2.24. The third-order valence-corrected chi connectivity index (χ3v) is 7.39. The van der Waals surface area contributed by atoms with Gasteiger partial charge in [-0.25, -0.2) is 19.6 Å². The van der Waals surface area contributed by atoms with Crippen LogP contribution in [0.5, 0.6) is 5.75 Å². The zero-order valence-electron chi connectivity index (χ0n) is 18.9. The summed E-state index contributed by atoms with van der Waals surface area (Å²) in [5.41, 5.74) is 4.23. The maximum atomic E-state index is 6.07. The molecule has 0 amide bonds. The lowest BCUT2D eigenvalue weighted by Crippen LogP contribution is -2.18. The third-order valence-electron chi connectivity index (χ3n) is 6.28. The van der Waals surface area contributed by atoms with Gasteiger partial charge in [0, 0.05) is 47.8 Å². The average Bonchev–Trinajstić information content (AvgIpc) is 3.59. The lowest BCUT2D eigenvalue weighted by molar-refractivity contribution is 0.327. The third kappa shape index (κ3) is 3.68. The van der Waals surface area contributed by atoms with Crippen molar-refractivity contribution in [2.24, 2.45) is 0 Å². The van der Waals surface area contributed by atoms with Crippen LogP contribution in [0.15, 0.2) is 42.9 Å². The Hall–Kier alpha value is -3.26. The van der Waals surface area contributed by atoms with Crippen molar-refractivity contribution in [3.63, 3.8) is 0 Å². The first kappa shape index (κ1) is 20.4. The summed E-state index contributed by atoms with van der Waals surface area (Å²) in [5, 5.41) is 5.29. The molecular formula is C25H26N6OS. The van der Waals surface area contributed by atoms with Crippen LogP contribution in [-0.4, -0.2) is 44.4 Å². The number of benzene rings is 1. The molecule has 0 saturated carbocycles. The molecule has 0 aliphatic carbocycles. The van der Waals surface area contributed by atoms with Gasteiger partial charge in [0.2, 0.25) is 0 Å². The van der Waals surface area contributed by atoms with Crippen LogP contribution in [0.2, 0.25) is 0 Å². The molecule has 0 N–H and O–H groups in total. The Balaban J connectivity index is 1.38. The van der Waals surface area contributed by atoms with E-state index in [0.717, 1.165) is 64.3 Å². The summed E-state index contributed by atoms with van der Waals surface area (Å²) < 4.78 is 8.00. The number of aromatic nitrogens is 5. The van der Waals surface area contributed by atoms with Gasteiger partial charge in [-0.15, -0.1) is 11.3 Å². The Labute approximate surface area is 197 Å². The number of hydrogen-bond donors (Lipinski definition) is 0. The highest BCUT2D eigenvalue weighted by Crippen LogP contribution is 2.42. The number of nitrogens with zero attached hydrogens (tertiary/aromatic N) is 6. The molecule has 2 aliphatic rings. The molecule has 2 aliphatic heterocycles. The SMILES string of the molecule is CC(C)n1ncnc1-c1nc2c(s1)CCOc1ccc(-c3ccc(N4CCCC4)nc3)cc1-2. The Bertz CT molecular complexity index is 1290. The number of fused-ring (bicyclic) bond motifs is 3. The fourth-order valence-electron chi connectivity index (χ4n) is 4.57. The van der Waals surface area contributed by atoms with Crippen molar-refractivity contribution in [2.75, 3.05) is 24.6 Å². The van der Waals surface area contributed by atoms with E-state index in [1.54, 1.807) is 17.7 Å². The van der Waals surface area contributed by atoms with Gasteiger partial charge in [0.15, 0.2) is 10.8 Å². The Morgan fingerprint density at radius 3 is 2.67 bits per heavy atom. The monoisotopic (exact) mass is 458 g/mol. The van der Waals surface area contributed by atoms with Gasteiger partial charge in [-0.05, 0) is 56.5 Å². The summed E-state index contributed by atoms with van der Waals surface area (Å²) in [7, 11) is 0. The predicted octanol–water partition coefficient (Wildman–Crippen LogP) is 5.25. The van der Waals surface area contributed by atoms with Gasteiger partial charge in [-0.3, -0.25) is 0 Å². The molecule has 0 bridgehead atoms. The maximum Gasteiger partial charge on any atom is 0.187 e. The Kier molecular flexibility index (Phi) is 5.10. The van der Waals surface area contributed by atoms with Crippen molar-refractivity contribution in [2.45, 2.75) is 39.2 Å². The normalized spacial score (nSPS) is 15.3. The van der Waals surface area contributed by atoms with Gasteiger partial charge in [0.05, 0.1) is 12.3 Å². The number of rotatable bonds is 4. The van der Waals surface area contributed by atoms with E-state index in [1.165, 1.54) is 17.7 Å². The van der Waals surface area contributed by atoms with Crippen LogP contribution in [0, 0.1) is 0 Å². The van der Waals surface area contributed by atoms with E-state index in [0.29, 0.717) is 6.61 Å². The zero-order chi connectivity index (χ0) is 22.4. The van der Waals surface area contributed by atoms with Crippen LogP contribution in [0.25, 0.3) is 33.2 Å². The molecule has 33 heavy (non-hydrogen) atoms. The minimum Gasteiger partial charge on any atom is -0.493 e. The quantitative estimate of drug-likeness (QED) is 0.416. The van der Waals surface area contributed by atoms with Gasteiger partial charge in [-0.1, -0.05) is 6.07 Å². The molecule has 3 aromatic heterocycles.